The van der Waals surface area contributed by atoms with Crippen molar-refractivity contribution in [3.8, 4) is 28.0 Å². The minimum Gasteiger partial charge on any atom is -0.429 e. The minimum atomic E-state index is -4.74. The van der Waals surface area contributed by atoms with Gasteiger partial charge in [-0.15, -0.1) is 0 Å². The van der Waals surface area contributed by atoms with Gasteiger partial charge in [-0.1, -0.05) is 91.6 Å². The van der Waals surface area contributed by atoms with Crippen LogP contribution in [0.3, 0.4) is 0 Å². The van der Waals surface area contributed by atoms with E-state index in [1.807, 2.05) is 19.1 Å². The topological polar surface area (TPSA) is 9.23 Å². The fourth-order valence-electron chi connectivity index (χ4n) is 7.99. The number of benzene rings is 5. The summed E-state index contributed by atoms with van der Waals surface area (Å²) in [5.74, 6) is -7.31. The molecule has 2 fully saturated rings. The summed E-state index contributed by atoms with van der Waals surface area (Å²) in [4.78, 5) is 0. The Balaban J connectivity index is 0.000000217. The van der Waals surface area contributed by atoms with Crippen LogP contribution in [0.15, 0.2) is 91.0 Å². The zero-order chi connectivity index (χ0) is 39.4. The molecule has 55 heavy (non-hydrogen) atoms. The smallest absolute Gasteiger partial charge is 0.429 e. The van der Waals surface area contributed by atoms with Crippen LogP contribution in [0.25, 0.3) is 22.3 Å². The van der Waals surface area contributed by atoms with Crippen molar-refractivity contribution >= 4 is 0 Å². The molecular weight excluding hydrogens is 720 g/mol. The highest BCUT2D eigenvalue weighted by atomic mass is 19.3. The SMILES string of the molecule is Cc1ccc(-c2ccc(-c3cc(F)c(C(F)(F)Oc4cc(F)c(F)c(F)c4)c(F)c3)c(F)c2)cc1.Cc1ccc(C2CCC(C3CCC(C)CC3)CC2)cc1. The van der Waals surface area contributed by atoms with Crippen molar-refractivity contribution in [2.45, 2.75) is 84.2 Å². The van der Waals surface area contributed by atoms with E-state index in [1.165, 1.54) is 69.1 Å². The first-order chi connectivity index (χ1) is 26.2. The van der Waals surface area contributed by atoms with Gasteiger partial charge in [0.05, 0.1) is 0 Å². The van der Waals surface area contributed by atoms with Crippen molar-refractivity contribution in [3.05, 3.63) is 148 Å². The molecule has 2 saturated carbocycles. The minimum absolute atomic E-state index is 0.0987. The lowest BCUT2D eigenvalue weighted by Crippen LogP contribution is -2.25. The Morgan fingerprint density at radius 2 is 0.982 bits per heavy atom. The molecule has 0 saturated heterocycles. The number of hydrogen-bond acceptors (Lipinski definition) is 1. The number of rotatable bonds is 7. The Morgan fingerprint density at radius 1 is 0.509 bits per heavy atom. The molecule has 0 aromatic heterocycles. The van der Waals surface area contributed by atoms with Crippen molar-refractivity contribution in [1.82, 2.24) is 0 Å². The molecule has 5 aromatic carbocycles. The largest absolute Gasteiger partial charge is 0.432 e. The monoisotopic (exact) mass is 764 g/mol. The van der Waals surface area contributed by atoms with Gasteiger partial charge in [0.15, 0.2) is 17.5 Å². The molecule has 9 heteroatoms. The molecule has 2 aliphatic rings. The van der Waals surface area contributed by atoms with Crippen molar-refractivity contribution in [2.24, 2.45) is 17.8 Å². The van der Waals surface area contributed by atoms with E-state index in [4.69, 9.17) is 0 Å². The molecule has 0 atom stereocenters. The maximum atomic E-state index is 14.8. The number of ether oxygens (including phenoxy) is 1. The van der Waals surface area contributed by atoms with E-state index in [-0.39, 0.29) is 23.3 Å². The molecule has 290 valence electrons. The van der Waals surface area contributed by atoms with Gasteiger partial charge >= 0.3 is 6.11 Å². The van der Waals surface area contributed by atoms with E-state index in [1.54, 1.807) is 17.7 Å². The summed E-state index contributed by atoms with van der Waals surface area (Å²) in [6.07, 6.45) is 7.10. The fourth-order valence-corrected chi connectivity index (χ4v) is 7.99. The van der Waals surface area contributed by atoms with E-state index >= 15 is 0 Å². The fraction of sp³-hybridized carbons (Fsp3) is 0.348. The van der Waals surface area contributed by atoms with Gasteiger partial charge in [-0.25, -0.2) is 26.3 Å². The second kappa shape index (κ2) is 17.0. The lowest BCUT2D eigenvalue weighted by molar-refractivity contribution is -0.189. The number of alkyl halides is 2. The van der Waals surface area contributed by atoms with Crippen LogP contribution in [0.1, 0.15) is 86.5 Å². The van der Waals surface area contributed by atoms with Crippen molar-refractivity contribution in [1.29, 1.82) is 0 Å². The van der Waals surface area contributed by atoms with Crippen LogP contribution in [0.2, 0.25) is 0 Å². The molecule has 0 heterocycles. The van der Waals surface area contributed by atoms with E-state index in [2.05, 4.69) is 42.8 Å². The molecule has 0 bridgehead atoms. The Labute approximate surface area is 317 Å². The predicted molar refractivity (Wildman–Crippen MR) is 200 cm³/mol. The molecule has 0 aliphatic heterocycles. The van der Waals surface area contributed by atoms with Gasteiger partial charge in [-0.2, -0.15) is 8.78 Å². The molecule has 5 aromatic rings. The average molecular weight is 765 g/mol. The highest BCUT2D eigenvalue weighted by Crippen LogP contribution is 2.44. The molecule has 2 aliphatic carbocycles. The van der Waals surface area contributed by atoms with Crippen LogP contribution in [0.5, 0.6) is 5.75 Å². The Bertz CT molecular complexity index is 2030. The standard InChI is InChI=1S/C26H14F8O.C20H30/c1-13-2-4-14(5-3-13)15-6-7-18(19(27)8-15)16-9-20(28)24(21(29)10-16)26(33,34)35-17-11-22(30)25(32)23(31)12-17;1-15-3-7-17(8-4-15)19-11-13-20(14-12-19)18-9-5-16(2)6-10-18/h2-12H,1H3;3-4,7-8,16,18-20H,5-6,9-14H2,1-2H3. The van der Waals surface area contributed by atoms with Gasteiger partial charge in [0, 0.05) is 17.7 Å². The van der Waals surface area contributed by atoms with Gasteiger partial charge in [0.25, 0.3) is 0 Å². The van der Waals surface area contributed by atoms with Gasteiger partial charge in [0.1, 0.15) is 28.8 Å². The molecule has 0 amide bonds. The summed E-state index contributed by atoms with van der Waals surface area (Å²) in [5, 5.41) is 0. The molecule has 0 spiro atoms. The van der Waals surface area contributed by atoms with Gasteiger partial charge in [-0.05, 0) is 116 Å². The number of aryl methyl sites for hydroxylation is 2. The molecule has 7 rings (SSSR count). The second-order valence-corrected chi connectivity index (χ2v) is 15.2. The van der Waals surface area contributed by atoms with E-state index < -0.39 is 52.3 Å². The summed E-state index contributed by atoms with van der Waals surface area (Å²) in [7, 11) is 0. The van der Waals surface area contributed by atoms with E-state index in [0.717, 1.165) is 35.3 Å². The maximum Gasteiger partial charge on any atom is 0.432 e. The first-order valence-electron chi connectivity index (χ1n) is 18.8. The van der Waals surface area contributed by atoms with Gasteiger partial charge in [-0.3, -0.25) is 0 Å². The van der Waals surface area contributed by atoms with Crippen LogP contribution in [-0.2, 0) is 6.11 Å². The van der Waals surface area contributed by atoms with Gasteiger partial charge in [0.2, 0.25) is 0 Å². The third kappa shape index (κ3) is 9.60. The Morgan fingerprint density at radius 3 is 1.51 bits per heavy atom. The quantitative estimate of drug-likeness (QED) is 0.118. The summed E-state index contributed by atoms with van der Waals surface area (Å²) in [5.41, 5.74) is 2.66. The normalized spacial score (nSPS) is 20.1. The molecule has 1 nitrogen and oxygen atoms in total. The van der Waals surface area contributed by atoms with Crippen LogP contribution in [-0.4, -0.2) is 0 Å². The first-order valence-corrected chi connectivity index (χ1v) is 18.8. The Kier molecular flexibility index (Phi) is 12.4. The predicted octanol–water partition coefficient (Wildman–Crippen LogP) is 14.4. The van der Waals surface area contributed by atoms with Crippen LogP contribution >= 0.6 is 0 Å². The van der Waals surface area contributed by atoms with Gasteiger partial charge < -0.3 is 4.74 Å². The summed E-state index contributed by atoms with van der Waals surface area (Å²) >= 11 is 0. The third-order valence-electron chi connectivity index (χ3n) is 11.2. The number of hydrogen-bond donors (Lipinski definition) is 0. The summed E-state index contributed by atoms with van der Waals surface area (Å²) in [6.45, 7) is 6.50. The van der Waals surface area contributed by atoms with Crippen molar-refractivity contribution in [2.75, 3.05) is 0 Å². The Hall–Kier alpha value is -4.66. The van der Waals surface area contributed by atoms with Crippen molar-refractivity contribution < 1.29 is 39.9 Å². The van der Waals surface area contributed by atoms with Crippen LogP contribution in [0.4, 0.5) is 35.1 Å². The average Bonchev–Trinajstić information content (AvgIpc) is 3.14. The lowest BCUT2D eigenvalue weighted by Gasteiger charge is -2.37. The molecular formula is C46H44F8O. The highest BCUT2D eigenvalue weighted by Gasteiger charge is 2.42. The van der Waals surface area contributed by atoms with E-state index in [9.17, 15) is 35.1 Å². The third-order valence-corrected chi connectivity index (χ3v) is 11.2. The maximum absolute atomic E-state index is 14.8. The summed E-state index contributed by atoms with van der Waals surface area (Å²) in [6, 6.07) is 21.5. The van der Waals surface area contributed by atoms with Crippen LogP contribution < -0.4 is 4.74 Å². The first kappa shape index (κ1) is 40.0. The lowest BCUT2D eigenvalue weighted by atomic mass is 9.68. The zero-order valence-corrected chi connectivity index (χ0v) is 31.1. The number of halogens is 8. The zero-order valence-electron chi connectivity index (χ0n) is 31.1. The van der Waals surface area contributed by atoms with E-state index in [0.29, 0.717) is 23.3 Å². The second-order valence-electron chi connectivity index (χ2n) is 15.2. The van der Waals surface area contributed by atoms with Crippen molar-refractivity contribution in [3.63, 3.8) is 0 Å². The van der Waals surface area contributed by atoms with Crippen LogP contribution in [0, 0.1) is 66.5 Å². The molecule has 0 N–H and O–H groups in total. The molecule has 0 unspecified atom stereocenters. The summed E-state index contributed by atoms with van der Waals surface area (Å²) < 4.78 is 117. The molecule has 0 radical (unpaired) electrons. The highest BCUT2D eigenvalue weighted by molar-refractivity contribution is 5.71.